The lowest BCUT2D eigenvalue weighted by Gasteiger charge is -2.28. The molecule has 2 unspecified atom stereocenters. The quantitative estimate of drug-likeness (QED) is 0.692. The van der Waals surface area contributed by atoms with Gasteiger partial charge in [0.15, 0.2) is 0 Å². The van der Waals surface area contributed by atoms with Gasteiger partial charge in [0, 0.05) is 18.6 Å². The average Bonchev–Trinajstić information content (AvgIpc) is 2.60. The molecular formula is C12H24N2. The SMILES string of the molecule is CCCCNC1CC2CCCCN2C1. The van der Waals surface area contributed by atoms with E-state index in [-0.39, 0.29) is 0 Å². The third-order valence-electron chi connectivity index (χ3n) is 3.72. The predicted molar refractivity (Wildman–Crippen MR) is 60.5 cm³/mol. The monoisotopic (exact) mass is 196 g/mol. The highest BCUT2D eigenvalue weighted by Crippen LogP contribution is 2.26. The Morgan fingerprint density at radius 1 is 1.36 bits per heavy atom. The largest absolute Gasteiger partial charge is 0.313 e. The molecular weight excluding hydrogens is 172 g/mol. The van der Waals surface area contributed by atoms with Crippen molar-refractivity contribution < 1.29 is 0 Å². The maximum atomic E-state index is 3.70. The van der Waals surface area contributed by atoms with Gasteiger partial charge < -0.3 is 5.32 Å². The molecule has 2 heterocycles. The van der Waals surface area contributed by atoms with Crippen LogP contribution >= 0.6 is 0 Å². The molecule has 2 nitrogen and oxygen atoms in total. The highest BCUT2D eigenvalue weighted by Gasteiger charge is 2.32. The molecule has 0 amide bonds. The van der Waals surface area contributed by atoms with Crippen LogP contribution in [-0.4, -0.2) is 36.6 Å². The van der Waals surface area contributed by atoms with Crippen molar-refractivity contribution in [3.05, 3.63) is 0 Å². The first kappa shape index (κ1) is 10.4. The van der Waals surface area contributed by atoms with E-state index in [9.17, 15) is 0 Å². The van der Waals surface area contributed by atoms with Gasteiger partial charge in [-0.15, -0.1) is 0 Å². The van der Waals surface area contributed by atoms with E-state index in [1.165, 1.54) is 58.2 Å². The molecule has 0 spiro atoms. The van der Waals surface area contributed by atoms with Crippen LogP contribution < -0.4 is 5.32 Å². The number of nitrogens with zero attached hydrogens (tertiary/aromatic N) is 1. The van der Waals surface area contributed by atoms with E-state index in [4.69, 9.17) is 0 Å². The number of rotatable bonds is 4. The molecule has 2 aliphatic rings. The lowest BCUT2D eigenvalue weighted by Crippen LogP contribution is -2.36. The molecule has 0 aromatic heterocycles. The van der Waals surface area contributed by atoms with Gasteiger partial charge in [-0.1, -0.05) is 19.8 Å². The van der Waals surface area contributed by atoms with Crippen molar-refractivity contribution >= 4 is 0 Å². The Bertz CT molecular complexity index is 156. The molecule has 0 aliphatic carbocycles. The van der Waals surface area contributed by atoms with Gasteiger partial charge in [-0.3, -0.25) is 4.90 Å². The Morgan fingerprint density at radius 2 is 2.29 bits per heavy atom. The van der Waals surface area contributed by atoms with Crippen LogP contribution in [0.1, 0.15) is 45.4 Å². The normalized spacial score (nSPS) is 33.2. The Labute approximate surface area is 88.1 Å². The van der Waals surface area contributed by atoms with Gasteiger partial charge >= 0.3 is 0 Å². The number of hydrogen-bond acceptors (Lipinski definition) is 2. The summed E-state index contributed by atoms with van der Waals surface area (Å²) in [5.74, 6) is 0. The van der Waals surface area contributed by atoms with Crippen LogP contribution in [0.15, 0.2) is 0 Å². The summed E-state index contributed by atoms with van der Waals surface area (Å²) in [6.07, 6.45) is 8.39. The molecule has 2 fully saturated rings. The second kappa shape index (κ2) is 5.13. The zero-order valence-electron chi connectivity index (χ0n) is 9.47. The molecule has 2 atom stereocenters. The van der Waals surface area contributed by atoms with Crippen LogP contribution in [0.2, 0.25) is 0 Å². The fourth-order valence-corrected chi connectivity index (χ4v) is 2.88. The van der Waals surface area contributed by atoms with Gasteiger partial charge in [0.05, 0.1) is 0 Å². The van der Waals surface area contributed by atoms with Crippen molar-refractivity contribution in [1.82, 2.24) is 10.2 Å². The fourth-order valence-electron chi connectivity index (χ4n) is 2.88. The predicted octanol–water partition coefficient (Wildman–Crippen LogP) is 2.00. The summed E-state index contributed by atoms with van der Waals surface area (Å²) >= 11 is 0. The highest BCUT2D eigenvalue weighted by atomic mass is 15.2. The Hall–Kier alpha value is -0.0800. The zero-order chi connectivity index (χ0) is 9.80. The summed E-state index contributed by atoms with van der Waals surface area (Å²) in [4.78, 5) is 2.70. The van der Waals surface area contributed by atoms with E-state index in [0.29, 0.717) is 0 Å². The van der Waals surface area contributed by atoms with Crippen LogP contribution in [0.5, 0.6) is 0 Å². The maximum Gasteiger partial charge on any atom is 0.0210 e. The van der Waals surface area contributed by atoms with Gasteiger partial charge in [0.25, 0.3) is 0 Å². The van der Waals surface area contributed by atoms with Crippen LogP contribution in [0.3, 0.4) is 0 Å². The summed E-state index contributed by atoms with van der Waals surface area (Å²) in [6.45, 7) is 6.16. The van der Waals surface area contributed by atoms with Gasteiger partial charge in [-0.2, -0.15) is 0 Å². The molecule has 2 saturated heterocycles. The third kappa shape index (κ3) is 2.48. The van der Waals surface area contributed by atoms with Crippen molar-refractivity contribution in [2.75, 3.05) is 19.6 Å². The van der Waals surface area contributed by atoms with E-state index in [0.717, 1.165) is 12.1 Å². The van der Waals surface area contributed by atoms with E-state index in [1.54, 1.807) is 0 Å². The topological polar surface area (TPSA) is 15.3 Å². The minimum Gasteiger partial charge on any atom is -0.313 e. The molecule has 1 N–H and O–H groups in total. The first-order valence-corrected chi connectivity index (χ1v) is 6.37. The first-order chi connectivity index (χ1) is 6.90. The minimum absolute atomic E-state index is 0.796. The van der Waals surface area contributed by atoms with Crippen LogP contribution in [0, 0.1) is 0 Å². The first-order valence-electron chi connectivity index (χ1n) is 6.37. The summed E-state index contributed by atoms with van der Waals surface area (Å²) in [6, 6.07) is 1.72. The number of unbranched alkanes of at least 4 members (excludes halogenated alkanes) is 1. The third-order valence-corrected chi connectivity index (χ3v) is 3.72. The van der Waals surface area contributed by atoms with Crippen molar-refractivity contribution in [3.63, 3.8) is 0 Å². The summed E-state index contributed by atoms with van der Waals surface area (Å²) in [5.41, 5.74) is 0. The average molecular weight is 196 g/mol. The van der Waals surface area contributed by atoms with E-state index in [2.05, 4.69) is 17.1 Å². The fraction of sp³-hybridized carbons (Fsp3) is 1.00. The molecule has 0 aromatic carbocycles. The van der Waals surface area contributed by atoms with Crippen molar-refractivity contribution in [1.29, 1.82) is 0 Å². The van der Waals surface area contributed by atoms with Gasteiger partial charge in [-0.25, -0.2) is 0 Å². The number of fused-ring (bicyclic) bond motifs is 1. The standard InChI is InChI=1S/C12H24N2/c1-2-3-7-13-11-9-12-6-4-5-8-14(12)10-11/h11-13H,2-10H2,1H3. The van der Waals surface area contributed by atoms with E-state index in [1.807, 2.05) is 0 Å². The zero-order valence-corrected chi connectivity index (χ0v) is 9.47. The molecule has 82 valence electrons. The maximum absolute atomic E-state index is 3.70. The highest BCUT2D eigenvalue weighted by molar-refractivity contribution is 4.91. The Balaban J connectivity index is 1.70. The van der Waals surface area contributed by atoms with E-state index < -0.39 is 0 Å². The number of piperidine rings is 1. The van der Waals surface area contributed by atoms with Gasteiger partial charge in [0.2, 0.25) is 0 Å². The van der Waals surface area contributed by atoms with Crippen LogP contribution in [0.4, 0.5) is 0 Å². The Kier molecular flexibility index (Phi) is 3.82. The van der Waals surface area contributed by atoms with Crippen LogP contribution in [-0.2, 0) is 0 Å². The number of nitrogens with one attached hydrogen (secondary N) is 1. The van der Waals surface area contributed by atoms with Gasteiger partial charge in [0.1, 0.15) is 0 Å². The lowest BCUT2D eigenvalue weighted by molar-refractivity contribution is 0.197. The Morgan fingerprint density at radius 3 is 3.07 bits per heavy atom. The molecule has 0 bridgehead atoms. The van der Waals surface area contributed by atoms with Crippen molar-refractivity contribution in [2.24, 2.45) is 0 Å². The minimum atomic E-state index is 0.796. The summed E-state index contributed by atoms with van der Waals surface area (Å²) in [5, 5.41) is 3.70. The summed E-state index contributed by atoms with van der Waals surface area (Å²) < 4.78 is 0. The van der Waals surface area contributed by atoms with Gasteiger partial charge in [-0.05, 0) is 38.8 Å². The van der Waals surface area contributed by atoms with E-state index >= 15 is 0 Å². The molecule has 0 saturated carbocycles. The van der Waals surface area contributed by atoms with Crippen LogP contribution in [0.25, 0.3) is 0 Å². The molecule has 2 aliphatic heterocycles. The summed E-state index contributed by atoms with van der Waals surface area (Å²) in [7, 11) is 0. The van der Waals surface area contributed by atoms with Crippen molar-refractivity contribution in [3.8, 4) is 0 Å². The molecule has 0 aromatic rings. The lowest BCUT2D eigenvalue weighted by atomic mass is 10.0. The number of hydrogen-bond donors (Lipinski definition) is 1. The molecule has 0 radical (unpaired) electrons. The molecule has 2 heteroatoms. The second-order valence-electron chi connectivity index (χ2n) is 4.88. The second-order valence-corrected chi connectivity index (χ2v) is 4.88. The van der Waals surface area contributed by atoms with Crippen molar-refractivity contribution in [2.45, 2.75) is 57.5 Å². The molecule has 14 heavy (non-hydrogen) atoms. The smallest absolute Gasteiger partial charge is 0.0210 e. The molecule has 2 rings (SSSR count).